The first kappa shape index (κ1) is 40.3. The highest BCUT2D eigenvalue weighted by molar-refractivity contribution is 6.38. The number of nitrogens with one attached hydrogen (secondary N) is 4. The molecule has 2 aliphatic carbocycles. The lowest BCUT2D eigenvalue weighted by Crippen LogP contribution is -2.62. The summed E-state index contributed by atoms with van der Waals surface area (Å²) in [6, 6.07) is -3.63. The molecule has 1 aromatic heterocycles. The highest BCUT2D eigenvalue weighted by Crippen LogP contribution is 2.35. The Bertz CT molecular complexity index is 1340. The van der Waals surface area contributed by atoms with Gasteiger partial charge < -0.3 is 26.0 Å². The average molecular weight is 712 g/mol. The van der Waals surface area contributed by atoms with Crippen molar-refractivity contribution >= 4 is 29.4 Å². The van der Waals surface area contributed by atoms with Crippen LogP contribution in [-0.4, -0.2) is 86.6 Å². The molecule has 4 amide bonds. The summed E-state index contributed by atoms with van der Waals surface area (Å²) in [5.74, 6) is -2.53. The van der Waals surface area contributed by atoms with Crippen LogP contribution in [-0.2, 0) is 24.0 Å². The van der Waals surface area contributed by atoms with E-state index in [1.165, 1.54) is 18.6 Å². The lowest BCUT2D eigenvalue weighted by atomic mass is 9.79. The second-order valence-corrected chi connectivity index (χ2v) is 16.3. The Kier molecular flexibility index (Phi) is 14.5. The van der Waals surface area contributed by atoms with Crippen molar-refractivity contribution in [2.75, 3.05) is 13.1 Å². The summed E-state index contributed by atoms with van der Waals surface area (Å²) in [6.07, 6.45) is 12.4. The molecule has 1 aromatic rings. The van der Waals surface area contributed by atoms with Gasteiger partial charge in [-0.2, -0.15) is 0 Å². The van der Waals surface area contributed by atoms with Gasteiger partial charge in [0.25, 0.3) is 5.91 Å². The molecular formula is C38H61N7O6. The third-order valence-corrected chi connectivity index (χ3v) is 11.0. The molecule has 3 fully saturated rings. The maximum Gasteiger partial charge on any atom is 0.289 e. The SMILES string of the molecule is CCCNC(=O)C(=O)C(CC1CCC1)NC(=O)[C@@H]1[C@@H](C(C)C)CCN1C(=O)[C@@H](NC(=O)[C@@H](NC(O)c1cnccn1)C1CCCCC1)C(C)(C)C. The standard InChI is InChI=1S/C38H61N7O6/c1-7-17-41-36(50)31(46)27(21-24-12-11-13-24)42-35(49)30-26(23(2)3)16-20-45(30)37(51)32(38(4,5)6)44-34(48)29(25-14-9-8-10-15-25)43-33(47)28-22-39-18-19-40-28/h18-19,22-27,29-30,32-33,43,47H,7-17,20-21H2,1-6H3,(H,41,50)(H,42,49)(H,44,48)/t26-,27?,29+,30+,32-,33?/m1/s1. The number of amides is 4. The molecule has 3 aliphatic rings. The number of hydrogen-bond acceptors (Lipinski definition) is 9. The van der Waals surface area contributed by atoms with Gasteiger partial charge in [0.1, 0.15) is 24.0 Å². The summed E-state index contributed by atoms with van der Waals surface area (Å²) in [4.78, 5) is 79.0. The first-order chi connectivity index (χ1) is 24.2. The molecule has 2 unspecified atom stereocenters. The van der Waals surface area contributed by atoms with Gasteiger partial charge in [0, 0.05) is 25.5 Å². The van der Waals surface area contributed by atoms with Crippen LogP contribution in [0.1, 0.15) is 124 Å². The van der Waals surface area contributed by atoms with Gasteiger partial charge in [-0.25, -0.2) is 0 Å². The fraction of sp³-hybridized carbons (Fsp3) is 0.763. The van der Waals surface area contributed by atoms with E-state index in [0.717, 1.165) is 51.4 Å². The number of aliphatic hydroxyl groups is 1. The quantitative estimate of drug-likeness (QED) is 0.127. The minimum atomic E-state index is -1.24. The van der Waals surface area contributed by atoms with E-state index in [1.807, 2.05) is 41.5 Å². The molecule has 1 aliphatic heterocycles. The van der Waals surface area contributed by atoms with Crippen molar-refractivity contribution in [3.63, 3.8) is 0 Å². The van der Waals surface area contributed by atoms with Gasteiger partial charge in [0.05, 0.1) is 18.3 Å². The van der Waals surface area contributed by atoms with Gasteiger partial charge in [-0.3, -0.25) is 39.3 Å². The van der Waals surface area contributed by atoms with Crippen LogP contribution in [0.4, 0.5) is 0 Å². The van der Waals surface area contributed by atoms with E-state index in [9.17, 15) is 29.1 Å². The Morgan fingerprint density at radius 1 is 0.961 bits per heavy atom. The normalized spacial score (nSPS) is 22.4. The predicted octanol–water partition coefficient (Wildman–Crippen LogP) is 3.18. The zero-order valence-electron chi connectivity index (χ0n) is 31.5. The van der Waals surface area contributed by atoms with Crippen molar-refractivity contribution in [1.82, 2.24) is 36.1 Å². The summed E-state index contributed by atoms with van der Waals surface area (Å²) < 4.78 is 0. The Morgan fingerprint density at radius 3 is 2.24 bits per heavy atom. The number of rotatable bonds is 16. The molecule has 1 saturated heterocycles. The Hall–Kier alpha value is -3.45. The molecule has 13 heteroatoms. The van der Waals surface area contributed by atoms with E-state index in [4.69, 9.17) is 0 Å². The van der Waals surface area contributed by atoms with E-state index < -0.39 is 59.3 Å². The molecule has 2 heterocycles. The van der Waals surface area contributed by atoms with Crippen LogP contribution >= 0.6 is 0 Å². The Morgan fingerprint density at radius 2 is 1.67 bits per heavy atom. The number of likely N-dealkylation sites (tertiary alicyclic amines) is 1. The molecule has 6 atom stereocenters. The second-order valence-electron chi connectivity index (χ2n) is 16.3. The van der Waals surface area contributed by atoms with Crippen molar-refractivity contribution in [2.24, 2.45) is 29.1 Å². The van der Waals surface area contributed by atoms with E-state index in [2.05, 4.69) is 31.2 Å². The molecule has 4 rings (SSSR count). The average Bonchev–Trinajstić information content (AvgIpc) is 3.55. The molecule has 0 bridgehead atoms. The van der Waals surface area contributed by atoms with Crippen LogP contribution in [0.2, 0.25) is 0 Å². The lowest BCUT2D eigenvalue weighted by Gasteiger charge is -2.39. The molecule has 0 radical (unpaired) electrons. The Labute approximate surface area is 303 Å². The van der Waals surface area contributed by atoms with E-state index in [0.29, 0.717) is 32.4 Å². The fourth-order valence-electron chi connectivity index (χ4n) is 7.78. The molecule has 5 N–H and O–H groups in total. The molecule has 2 saturated carbocycles. The van der Waals surface area contributed by atoms with Crippen LogP contribution in [0.3, 0.4) is 0 Å². The third-order valence-electron chi connectivity index (χ3n) is 11.0. The van der Waals surface area contributed by atoms with Crippen molar-refractivity contribution in [3.05, 3.63) is 24.3 Å². The molecule has 13 nitrogen and oxygen atoms in total. The topological polar surface area (TPSA) is 183 Å². The highest BCUT2D eigenvalue weighted by atomic mass is 16.3. The summed E-state index contributed by atoms with van der Waals surface area (Å²) in [7, 11) is 0. The third kappa shape index (κ3) is 10.6. The summed E-state index contributed by atoms with van der Waals surface area (Å²) >= 11 is 0. The first-order valence-corrected chi connectivity index (χ1v) is 19.2. The molecule has 284 valence electrons. The number of hydrogen-bond donors (Lipinski definition) is 5. The van der Waals surface area contributed by atoms with Crippen LogP contribution in [0, 0.1) is 29.1 Å². The number of nitrogens with zero attached hydrogens (tertiary/aromatic N) is 3. The first-order valence-electron chi connectivity index (χ1n) is 19.2. The monoisotopic (exact) mass is 711 g/mol. The molecular weight excluding hydrogens is 650 g/mol. The lowest BCUT2D eigenvalue weighted by molar-refractivity contribution is -0.146. The van der Waals surface area contributed by atoms with E-state index in [1.54, 1.807) is 4.90 Å². The number of Topliss-reactive ketones (excluding diaryl/α,β-unsaturated/α-hetero) is 1. The maximum atomic E-state index is 14.6. The van der Waals surface area contributed by atoms with Crippen LogP contribution < -0.4 is 21.3 Å². The van der Waals surface area contributed by atoms with Gasteiger partial charge in [-0.05, 0) is 61.2 Å². The van der Waals surface area contributed by atoms with Crippen molar-refractivity contribution < 1.29 is 29.1 Å². The van der Waals surface area contributed by atoms with Crippen molar-refractivity contribution in [3.8, 4) is 0 Å². The van der Waals surface area contributed by atoms with Crippen molar-refractivity contribution in [1.29, 1.82) is 0 Å². The van der Waals surface area contributed by atoms with E-state index in [-0.39, 0.29) is 35.3 Å². The second kappa shape index (κ2) is 18.3. The highest BCUT2D eigenvalue weighted by Gasteiger charge is 2.48. The summed E-state index contributed by atoms with van der Waals surface area (Å²) in [5, 5.41) is 22.7. The predicted molar refractivity (Wildman–Crippen MR) is 193 cm³/mol. The molecule has 0 spiro atoms. The van der Waals surface area contributed by atoms with Crippen LogP contribution in [0.5, 0.6) is 0 Å². The zero-order valence-corrected chi connectivity index (χ0v) is 31.5. The fourth-order valence-corrected chi connectivity index (χ4v) is 7.78. The van der Waals surface area contributed by atoms with Crippen LogP contribution in [0.15, 0.2) is 18.6 Å². The van der Waals surface area contributed by atoms with Gasteiger partial charge in [-0.1, -0.05) is 80.1 Å². The minimum Gasteiger partial charge on any atom is -0.373 e. The smallest absolute Gasteiger partial charge is 0.289 e. The van der Waals surface area contributed by atoms with E-state index >= 15 is 0 Å². The largest absolute Gasteiger partial charge is 0.373 e. The van der Waals surface area contributed by atoms with Crippen molar-refractivity contribution in [2.45, 2.75) is 143 Å². The summed E-state index contributed by atoms with van der Waals surface area (Å²) in [6.45, 7) is 12.2. The van der Waals surface area contributed by atoms with Gasteiger partial charge >= 0.3 is 0 Å². The van der Waals surface area contributed by atoms with Gasteiger partial charge in [0.15, 0.2) is 0 Å². The number of aromatic nitrogens is 2. The van der Waals surface area contributed by atoms with Crippen LogP contribution in [0.25, 0.3) is 0 Å². The molecule has 0 aromatic carbocycles. The maximum absolute atomic E-state index is 14.6. The number of carbonyl (C=O) groups excluding carboxylic acids is 5. The number of aliphatic hydroxyl groups excluding tert-OH is 1. The zero-order chi connectivity index (χ0) is 37.3. The number of carbonyl (C=O) groups is 5. The molecule has 51 heavy (non-hydrogen) atoms. The minimum absolute atomic E-state index is 0.0531. The summed E-state index contributed by atoms with van der Waals surface area (Å²) in [5.41, 5.74) is -0.443. The van der Waals surface area contributed by atoms with Gasteiger partial charge in [-0.15, -0.1) is 0 Å². The number of ketones is 1. The van der Waals surface area contributed by atoms with Gasteiger partial charge in [0.2, 0.25) is 23.5 Å². The Balaban J connectivity index is 1.57.